The van der Waals surface area contributed by atoms with E-state index in [1.807, 2.05) is 65.7 Å². The number of benzene rings is 2. The molecule has 0 spiro atoms. The van der Waals surface area contributed by atoms with Crippen LogP contribution < -0.4 is 4.74 Å². The second kappa shape index (κ2) is 15.2. The van der Waals surface area contributed by atoms with Crippen molar-refractivity contribution in [1.29, 1.82) is 0 Å². The second-order valence-corrected chi connectivity index (χ2v) is 11.6. The van der Waals surface area contributed by atoms with Gasteiger partial charge in [-0.1, -0.05) is 49.4 Å². The molecule has 2 aromatic carbocycles. The molecule has 238 valence electrons. The first kappa shape index (κ1) is 32.2. The van der Waals surface area contributed by atoms with E-state index in [0.29, 0.717) is 49.5 Å². The molecule has 1 saturated heterocycles. The van der Waals surface area contributed by atoms with Gasteiger partial charge in [0.15, 0.2) is 5.78 Å². The van der Waals surface area contributed by atoms with E-state index in [2.05, 4.69) is 13.0 Å². The van der Waals surface area contributed by atoms with Crippen molar-refractivity contribution in [1.82, 2.24) is 4.90 Å². The van der Waals surface area contributed by atoms with E-state index >= 15 is 0 Å². The average molecular weight is 616 g/mol. The number of fused-ring (bicyclic) bond motifs is 1. The van der Waals surface area contributed by atoms with Crippen LogP contribution in [0.5, 0.6) is 5.75 Å². The van der Waals surface area contributed by atoms with Gasteiger partial charge in [-0.15, -0.1) is 0 Å². The summed E-state index contributed by atoms with van der Waals surface area (Å²) >= 11 is 0. The molecule has 1 fully saturated rings. The fraction of sp³-hybridized carbons (Fsp3) is 0.417. The molecule has 2 heterocycles. The third-order valence-electron chi connectivity index (χ3n) is 8.08. The van der Waals surface area contributed by atoms with Crippen molar-refractivity contribution in [2.45, 2.75) is 65.1 Å². The number of esters is 2. The number of rotatable bonds is 13. The first-order valence-corrected chi connectivity index (χ1v) is 15.5. The molecular weight excluding hydrogens is 574 g/mol. The smallest absolute Gasteiger partial charge is 0.302 e. The number of carbonyl (C=O) groups excluding carboxylic acids is 3. The predicted octanol–water partition coefficient (Wildman–Crippen LogP) is 5.76. The zero-order valence-electron chi connectivity index (χ0n) is 26.1. The molecular formula is C36H41NO8. The van der Waals surface area contributed by atoms with Gasteiger partial charge in [0.05, 0.1) is 25.9 Å². The first-order chi connectivity index (χ1) is 21.8. The molecule has 9 nitrogen and oxygen atoms in total. The fourth-order valence-electron chi connectivity index (χ4n) is 6.02. The highest BCUT2D eigenvalue weighted by Crippen LogP contribution is 2.44. The molecule has 0 N–H and O–H groups in total. The highest BCUT2D eigenvalue weighted by Gasteiger charge is 2.43. The van der Waals surface area contributed by atoms with Gasteiger partial charge in [-0.05, 0) is 41.8 Å². The largest absolute Gasteiger partial charge is 0.494 e. The van der Waals surface area contributed by atoms with Gasteiger partial charge in [0.25, 0.3) is 0 Å². The number of ketones is 1. The minimum absolute atomic E-state index is 0.0564. The molecule has 3 aliphatic rings. The number of ether oxygens (including phenoxy) is 5. The van der Waals surface area contributed by atoms with E-state index < -0.39 is 24.4 Å². The Balaban J connectivity index is 1.23. The van der Waals surface area contributed by atoms with Crippen molar-refractivity contribution >= 4 is 17.7 Å². The Morgan fingerprint density at radius 1 is 0.956 bits per heavy atom. The molecule has 5 rings (SSSR count). The van der Waals surface area contributed by atoms with Gasteiger partial charge >= 0.3 is 11.9 Å². The Kier molecular flexibility index (Phi) is 10.9. The van der Waals surface area contributed by atoms with Gasteiger partial charge in [0.1, 0.15) is 24.7 Å². The lowest BCUT2D eigenvalue weighted by molar-refractivity contribution is -0.182. The minimum Gasteiger partial charge on any atom is -0.494 e. The number of carbonyl (C=O) groups is 3. The second-order valence-electron chi connectivity index (χ2n) is 11.6. The van der Waals surface area contributed by atoms with Crippen molar-refractivity contribution in [3.8, 4) is 5.75 Å². The van der Waals surface area contributed by atoms with E-state index in [1.54, 1.807) is 12.1 Å². The lowest BCUT2D eigenvalue weighted by atomic mass is 9.80. The van der Waals surface area contributed by atoms with Gasteiger partial charge in [-0.2, -0.15) is 0 Å². The number of allylic oxidation sites excluding steroid dienone is 4. The molecule has 0 saturated carbocycles. The monoisotopic (exact) mass is 615 g/mol. The highest BCUT2D eigenvalue weighted by atomic mass is 16.6. The van der Waals surface area contributed by atoms with Gasteiger partial charge in [0.2, 0.25) is 0 Å². The number of nitrogens with zero attached hydrogens (tertiary/aromatic N) is 1. The Bertz CT molecular complexity index is 1430. The summed E-state index contributed by atoms with van der Waals surface area (Å²) in [5, 5.41) is 0. The summed E-state index contributed by atoms with van der Waals surface area (Å²) in [5.74, 6) is -0.232. The van der Waals surface area contributed by atoms with Crippen LogP contribution in [0, 0.1) is 11.8 Å². The van der Waals surface area contributed by atoms with Crippen molar-refractivity contribution < 1.29 is 38.1 Å². The van der Waals surface area contributed by atoms with Crippen LogP contribution in [0.2, 0.25) is 0 Å². The van der Waals surface area contributed by atoms with Crippen molar-refractivity contribution in [3.05, 3.63) is 101 Å². The van der Waals surface area contributed by atoms with Crippen molar-refractivity contribution in [2.24, 2.45) is 11.8 Å². The SMILES string of the molecule is CC(=O)OCC1CC(OC(C)=O)CC(N2C=C(C(=O)c3ccc(OCCCOCc4ccccc4)cc3)C3C2=CC=CC3C)O1. The topological polar surface area (TPSA) is 101 Å². The summed E-state index contributed by atoms with van der Waals surface area (Å²) in [4.78, 5) is 39.2. The lowest BCUT2D eigenvalue weighted by Gasteiger charge is -2.40. The van der Waals surface area contributed by atoms with Crippen LogP contribution >= 0.6 is 0 Å². The van der Waals surface area contributed by atoms with E-state index in [0.717, 1.165) is 17.7 Å². The minimum atomic E-state index is -0.506. The fourth-order valence-corrected chi connectivity index (χ4v) is 6.02. The predicted molar refractivity (Wildman–Crippen MR) is 167 cm³/mol. The molecule has 45 heavy (non-hydrogen) atoms. The van der Waals surface area contributed by atoms with Crippen LogP contribution in [0.1, 0.15) is 56.0 Å². The molecule has 1 aliphatic carbocycles. The molecule has 2 aliphatic heterocycles. The number of hydrogen-bond donors (Lipinski definition) is 0. The average Bonchev–Trinajstić information content (AvgIpc) is 3.43. The standard InChI is InChI=1S/C36H41NO8/c1-24-9-7-12-33-35(24)32(21-37(33)34-20-30(44-26(3)39)19-31(45-34)23-43-25(2)38)36(40)28-13-15-29(16-14-28)42-18-8-17-41-22-27-10-5-4-6-11-27/h4-7,9-16,21,24,30-31,34-35H,8,17-20,22-23H2,1-3H3. The van der Waals surface area contributed by atoms with Gasteiger partial charge in [-0.3, -0.25) is 14.4 Å². The van der Waals surface area contributed by atoms with Crippen LogP contribution in [-0.4, -0.2) is 60.9 Å². The van der Waals surface area contributed by atoms with Crippen molar-refractivity contribution in [3.63, 3.8) is 0 Å². The van der Waals surface area contributed by atoms with Crippen LogP contribution in [0.25, 0.3) is 0 Å². The summed E-state index contributed by atoms with van der Waals surface area (Å²) < 4.78 is 28.8. The molecule has 0 radical (unpaired) electrons. The highest BCUT2D eigenvalue weighted by molar-refractivity contribution is 6.09. The summed E-state index contributed by atoms with van der Waals surface area (Å²) in [7, 11) is 0. The van der Waals surface area contributed by atoms with E-state index in [9.17, 15) is 14.4 Å². The Morgan fingerprint density at radius 3 is 2.47 bits per heavy atom. The summed E-state index contributed by atoms with van der Waals surface area (Å²) in [5.41, 5.74) is 3.32. The Hall–Kier alpha value is -4.21. The number of Topliss-reactive ketones (excluding diaryl/α,β-unsaturated/α-hetero) is 1. The zero-order chi connectivity index (χ0) is 31.8. The van der Waals surface area contributed by atoms with Crippen LogP contribution in [0.15, 0.2) is 90.3 Å². The maximum absolute atomic E-state index is 13.9. The molecule has 0 bridgehead atoms. The maximum Gasteiger partial charge on any atom is 0.302 e. The van der Waals surface area contributed by atoms with E-state index in [1.165, 1.54) is 13.8 Å². The lowest BCUT2D eigenvalue weighted by Crippen LogP contribution is -2.46. The van der Waals surface area contributed by atoms with Crippen LogP contribution in [0.3, 0.4) is 0 Å². The third-order valence-corrected chi connectivity index (χ3v) is 8.08. The molecule has 9 heteroatoms. The van der Waals surface area contributed by atoms with Gasteiger partial charge in [0, 0.05) is 62.1 Å². The van der Waals surface area contributed by atoms with Crippen LogP contribution in [0.4, 0.5) is 0 Å². The zero-order valence-corrected chi connectivity index (χ0v) is 26.1. The Labute approximate surface area is 264 Å². The molecule has 5 unspecified atom stereocenters. The van der Waals surface area contributed by atoms with Gasteiger partial charge in [-0.25, -0.2) is 0 Å². The normalized spacial score (nSPS) is 23.9. The van der Waals surface area contributed by atoms with E-state index in [4.69, 9.17) is 23.7 Å². The van der Waals surface area contributed by atoms with Crippen molar-refractivity contribution in [2.75, 3.05) is 19.8 Å². The summed E-state index contributed by atoms with van der Waals surface area (Å²) in [6.45, 7) is 6.55. The van der Waals surface area contributed by atoms with Crippen LogP contribution in [-0.2, 0) is 35.1 Å². The molecule has 0 amide bonds. The molecule has 2 aromatic rings. The quantitative estimate of drug-likeness (QED) is 0.158. The van der Waals surface area contributed by atoms with E-state index in [-0.39, 0.29) is 30.2 Å². The third kappa shape index (κ3) is 8.49. The summed E-state index contributed by atoms with van der Waals surface area (Å²) in [6.07, 6.45) is 8.17. The maximum atomic E-state index is 13.9. The first-order valence-electron chi connectivity index (χ1n) is 15.5. The summed E-state index contributed by atoms with van der Waals surface area (Å²) in [6, 6.07) is 17.3. The molecule has 5 atom stereocenters. The number of hydrogen-bond acceptors (Lipinski definition) is 9. The van der Waals surface area contributed by atoms with Gasteiger partial charge < -0.3 is 28.6 Å². The Morgan fingerprint density at radius 2 is 1.73 bits per heavy atom. The molecule has 0 aromatic heterocycles.